The molecule has 1 fully saturated rings. The Morgan fingerprint density at radius 2 is 1.84 bits per heavy atom. The van der Waals surface area contributed by atoms with Crippen molar-refractivity contribution in [1.82, 2.24) is 14.9 Å². The number of methoxy groups -OCH3 is 1. The molecule has 0 saturated carbocycles. The lowest BCUT2D eigenvalue weighted by atomic mass is 9.96. The van der Waals surface area contributed by atoms with Gasteiger partial charge in [0.1, 0.15) is 11.6 Å². The van der Waals surface area contributed by atoms with Crippen LogP contribution in [0.4, 0.5) is 0 Å². The second kappa shape index (κ2) is 9.09. The van der Waals surface area contributed by atoms with Crippen LogP contribution in [0.2, 0.25) is 0 Å². The highest BCUT2D eigenvalue weighted by molar-refractivity contribution is 5.95. The van der Waals surface area contributed by atoms with Gasteiger partial charge in [-0.25, -0.2) is 9.78 Å². The molecule has 0 atom stereocenters. The molecule has 2 heterocycles. The zero-order valence-corrected chi connectivity index (χ0v) is 17.7. The topological polar surface area (TPSA) is 128 Å². The Balaban J connectivity index is 1.38. The number of fused-ring (bicyclic) bond motifs is 1. The van der Waals surface area contributed by atoms with Gasteiger partial charge < -0.3 is 25.1 Å². The number of esters is 1. The van der Waals surface area contributed by atoms with Crippen molar-refractivity contribution in [2.75, 3.05) is 26.8 Å². The van der Waals surface area contributed by atoms with E-state index < -0.39 is 5.97 Å². The molecule has 0 unspecified atom stereocenters. The number of amides is 2. The fraction of sp³-hybridized carbons (Fsp3) is 0.304. The number of likely N-dealkylation sites (tertiary alicyclic amines) is 1. The van der Waals surface area contributed by atoms with Gasteiger partial charge >= 0.3 is 5.97 Å². The maximum atomic E-state index is 12.5. The molecule has 32 heavy (non-hydrogen) atoms. The summed E-state index contributed by atoms with van der Waals surface area (Å²) in [7, 11) is 1.61. The maximum Gasteiger partial charge on any atom is 0.338 e. The zero-order valence-electron chi connectivity index (χ0n) is 17.7. The lowest BCUT2D eigenvalue weighted by Crippen LogP contribution is -2.43. The number of nitrogens with two attached hydrogens (primary N) is 1. The molecule has 1 aromatic heterocycles. The van der Waals surface area contributed by atoms with Crippen LogP contribution in [0.1, 0.15) is 23.2 Å². The average Bonchev–Trinajstić information content (AvgIpc) is 3.26. The first kappa shape index (κ1) is 21.4. The van der Waals surface area contributed by atoms with Crippen molar-refractivity contribution < 1.29 is 23.9 Å². The Bertz CT molecular complexity index is 1150. The summed E-state index contributed by atoms with van der Waals surface area (Å²) in [6.45, 7) is 0.509. The Labute approximate surface area is 184 Å². The van der Waals surface area contributed by atoms with Crippen molar-refractivity contribution in [2.24, 2.45) is 11.7 Å². The van der Waals surface area contributed by atoms with Crippen molar-refractivity contribution in [1.29, 1.82) is 0 Å². The van der Waals surface area contributed by atoms with Crippen LogP contribution in [0.15, 0.2) is 42.5 Å². The zero-order chi connectivity index (χ0) is 22.7. The lowest BCUT2D eigenvalue weighted by molar-refractivity contribution is -0.137. The maximum absolute atomic E-state index is 12.5. The number of hydrogen-bond donors (Lipinski definition) is 2. The van der Waals surface area contributed by atoms with Gasteiger partial charge in [0.05, 0.1) is 23.7 Å². The molecule has 4 rings (SSSR count). The van der Waals surface area contributed by atoms with E-state index in [-0.39, 0.29) is 24.3 Å². The molecule has 2 aromatic carbocycles. The molecule has 0 aliphatic carbocycles. The highest BCUT2D eigenvalue weighted by Crippen LogP contribution is 2.24. The van der Waals surface area contributed by atoms with E-state index in [1.807, 2.05) is 24.3 Å². The van der Waals surface area contributed by atoms with Crippen LogP contribution in [0, 0.1) is 5.92 Å². The Morgan fingerprint density at radius 3 is 2.50 bits per heavy atom. The van der Waals surface area contributed by atoms with E-state index in [1.165, 1.54) is 0 Å². The number of nitrogens with zero attached hydrogens (tertiary/aromatic N) is 2. The number of carbonyl (C=O) groups is 3. The van der Waals surface area contributed by atoms with E-state index in [0.717, 1.165) is 11.3 Å². The van der Waals surface area contributed by atoms with E-state index in [1.54, 1.807) is 30.2 Å². The Hall–Kier alpha value is -3.88. The molecule has 3 aromatic rings. The highest BCUT2D eigenvalue weighted by atomic mass is 16.5. The number of H-pyrrole nitrogens is 1. The number of carbonyl (C=O) groups excluding carboxylic acids is 3. The van der Waals surface area contributed by atoms with Crippen LogP contribution in [0.25, 0.3) is 22.4 Å². The van der Waals surface area contributed by atoms with Crippen LogP contribution in [0.5, 0.6) is 5.75 Å². The van der Waals surface area contributed by atoms with Gasteiger partial charge in [-0.3, -0.25) is 9.59 Å². The van der Waals surface area contributed by atoms with E-state index in [4.69, 9.17) is 15.2 Å². The van der Waals surface area contributed by atoms with Crippen molar-refractivity contribution in [3.05, 3.63) is 48.0 Å². The van der Waals surface area contributed by atoms with Crippen LogP contribution < -0.4 is 10.5 Å². The van der Waals surface area contributed by atoms with Gasteiger partial charge in [-0.05, 0) is 55.3 Å². The molecular weight excluding hydrogens is 412 g/mol. The third-order valence-electron chi connectivity index (χ3n) is 5.66. The summed E-state index contributed by atoms with van der Waals surface area (Å²) in [6.07, 6.45) is 1.06. The Kier molecular flexibility index (Phi) is 6.07. The van der Waals surface area contributed by atoms with Gasteiger partial charge in [0.15, 0.2) is 6.61 Å². The largest absolute Gasteiger partial charge is 0.497 e. The Morgan fingerprint density at radius 1 is 1.12 bits per heavy atom. The van der Waals surface area contributed by atoms with Crippen molar-refractivity contribution >= 4 is 28.8 Å². The third kappa shape index (κ3) is 4.56. The minimum Gasteiger partial charge on any atom is -0.497 e. The third-order valence-corrected chi connectivity index (χ3v) is 5.66. The number of nitrogens with one attached hydrogen (secondary N) is 1. The van der Waals surface area contributed by atoms with E-state index in [0.29, 0.717) is 48.4 Å². The summed E-state index contributed by atoms with van der Waals surface area (Å²) in [4.78, 5) is 45.4. The molecule has 2 amide bonds. The number of benzene rings is 2. The molecular formula is C23H24N4O5. The number of piperidine rings is 1. The number of imidazole rings is 1. The number of ether oxygens (including phenoxy) is 2. The van der Waals surface area contributed by atoms with Gasteiger partial charge in [-0.1, -0.05) is 0 Å². The first-order valence-electron chi connectivity index (χ1n) is 10.3. The van der Waals surface area contributed by atoms with Crippen LogP contribution in [0.3, 0.4) is 0 Å². The standard InChI is InChI=1S/C23H24N4O5/c1-31-17-5-2-15(3-6-17)22-25-18-7-4-16(12-19(18)26-22)23(30)32-13-20(28)27-10-8-14(9-11-27)21(24)29/h2-7,12,14H,8-11,13H2,1H3,(H2,24,29)(H,25,26). The first-order valence-corrected chi connectivity index (χ1v) is 10.3. The molecule has 3 N–H and O–H groups in total. The van der Waals surface area contributed by atoms with Crippen molar-refractivity contribution in [3.63, 3.8) is 0 Å². The average molecular weight is 436 g/mol. The highest BCUT2D eigenvalue weighted by Gasteiger charge is 2.26. The molecule has 166 valence electrons. The minimum absolute atomic E-state index is 0.203. The molecule has 1 saturated heterocycles. The normalized spacial score (nSPS) is 14.3. The summed E-state index contributed by atoms with van der Waals surface area (Å²) >= 11 is 0. The smallest absolute Gasteiger partial charge is 0.338 e. The van der Waals surface area contributed by atoms with Gasteiger partial charge in [-0.15, -0.1) is 0 Å². The second-order valence-corrected chi connectivity index (χ2v) is 7.68. The summed E-state index contributed by atoms with van der Waals surface area (Å²) < 4.78 is 10.4. The van der Waals surface area contributed by atoms with E-state index in [2.05, 4.69) is 9.97 Å². The van der Waals surface area contributed by atoms with Gasteiger partial charge in [0.2, 0.25) is 5.91 Å². The molecule has 0 bridgehead atoms. The molecule has 9 nitrogen and oxygen atoms in total. The molecule has 9 heteroatoms. The molecule has 0 radical (unpaired) electrons. The number of rotatable bonds is 6. The van der Waals surface area contributed by atoms with Crippen LogP contribution >= 0.6 is 0 Å². The second-order valence-electron chi connectivity index (χ2n) is 7.68. The number of primary amides is 1. The van der Waals surface area contributed by atoms with Gasteiger partial charge in [0.25, 0.3) is 5.91 Å². The monoisotopic (exact) mass is 436 g/mol. The van der Waals surface area contributed by atoms with Crippen LogP contribution in [-0.4, -0.2) is 59.5 Å². The predicted octanol–water partition coefficient (Wildman–Crippen LogP) is 2.12. The van der Waals surface area contributed by atoms with E-state index in [9.17, 15) is 14.4 Å². The summed E-state index contributed by atoms with van der Waals surface area (Å²) in [5.41, 5.74) is 7.92. The SMILES string of the molecule is COc1ccc(-c2nc3ccc(C(=O)OCC(=O)N4CCC(C(N)=O)CC4)cc3[nH]2)cc1. The molecule has 1 aliphatic heterocycles. The lowest BCUT2D eigenvalue weighted by Gasteiger charge is -2.30. The number of hydrogen-bond acceptors (Lipinski definition) is 6. The van der Waals surface area contributed by atoms with Gasteiger partial charge in [0, 0.05) is 24.6 Å². The van der Waals surface area contributed by atoms with Crippen LogP contribution in [-0.2, 0) is 14.3 Å². The van der Waals surface area contributed by atoms with Crippen molar-refractivity contribution in [3.8, 4) is 17.1 Å². The number of aromatic amines is 1. The van der Waals surface area contributed by atoms with Gasteiger partial charge in [-0.2, -0.15) is 0 Å². The quantitative estimate of drug-likeness (QED) is 0.570. The summed E-state index contributed by atoms with van der Waals surface area (Å²) in [5.74, 6) is 0.00125. The molecule has 0 spiro atoms. The first-order chi connectivity index (χ1) is 15.4. The fourth-order valence-corrected chi connectivity index (χ4v) is 3.74. The van der Waals surface area contributed by atoms with E-state index >= 15 is 0 Å². The summed E-state index contributed by atoms with van der Waals surface area (Å²) in [5, 5.41) is 0. The molecule has 1 aliphatic rings. The fourth-order valence-electron chi connectivity index (χ4n) is 3.74. The number of aromatic nitrogens is 2. The summed E-state index contributed by atoms with van der Waals surface area (Å²) in [6, 6.07) is 12.5. The minimum atomic E-state index is -0.590. The van der Waals surface area contributed by atoms with Crippen molar-refractivity contribution in [2.45, 2.75) is 12.8 Å². The predicted molar refractivity (Wildman–Crippen MR) is 117 cm³/mol.